The van der Waals surface area contributed by atoms with Crippen molar-refractivity contribution in [2.45, 2.75) is 0 Å². The average Bonchev–Trinajstić information content (AvgIpc) is 2.51. The van der Waals surface area contributed by atoms with Crippen molar-refractivity contribution in [2.24, 2.45) is 0 Å². The lowest BCUT2D eigenvalue weighted by Crippen LogP contribution is -2.48. The maximum atomic E-state index is 12.4. The van der Waals surface area contributed by atoms with Crippen LogP contribution in [0.15, 0.2) is 29.2 Å². The molecule has 3 rings (SSSR count). The topological polar surface area (TPSA) is 68.4 Å². The van der Waals surface area contributed by atoms with E-state index < -0.39 is 0 Å². The van der Waals surface area contributed by atoms with Crippen molar-refractivity contribution in [3.8, 4) is 0 Å². The molecule has 116 valence electrons. The van der Waals surface area contributed by atoms with E-state index in [-0.39, 0.29) is 17.1 Å². The number of hydrogen-bond acceptors (Lipinski definition) is 3. The predicted octanol–water partition coefficient (Wildman–Crippen LogP) is 1.96. The van der Waals surface area contributed by atoms with Gasteiger partial charge in [0.2, 0.25) is 5.43 Å². The Bertz CT molecular complexity index is 766. The number of pyridine rings is 1. The van der Waals surface area contributed by atoms with E-state index in [2.05, 4.69) is 15.2 Å². The van der Waals surface area contributed by atoms with Gasteiger partial charge >= 0.3 is 6.03 Å². The summed E-state index contributed by atoms with van der Waals surface area (Å²) >= 11 is 6.05. The molecule has 1 aromatic carbocycles. The predicted molar refractivity (Wildman–Crippen MR) is 87.7 cm³/mol. The number of H-pyrrole nitrogens is 1. The minimum absolute atomic E-state index is 0.235. The first-order valence-corrected chi connectivity index (χ1v) is 7.48. The number of para-hydroxylation sites is 1. The van der Waals surface area contributed by atoms with E-state index in [1.165, 1.54) is 6.20 Å². The van der Waals surface area contributed by atoms with Crippen LogP contribution >= 0.6 is 11.6 Å². The Morgan fingerprint density at radius 2 is 2.00 bits per heavy atom. The molecule has 6 nitrogen and oxygen atoms in total. The summed E-state index contributed by atoms with van der Waals surface area (Å²) in [6.07, 6.45) is 1.49. The summed E-state index contributed by atoms with van der Waals surface area (Å²) in [5.41, 5.74) is 0.573. The van der Waals surface area contributed by atoms with Crippen molar-refractivity contribution in [3.63, 3.8) is 0 Å². The van der Waals surface area contributed by atoms with E-state index in [4.69, 9.17) is 11.6 Å². The van der Waals surface area contributed by atoms with Gasteiger partial charge in [-0.15, -0.1) is 0 Å². The number of aromatic nitrogens is 1. The summed E-state index contributed by atoms with van der Waals surface area (Å²) < 4.78 is 0. The molecular weight excluding hydrogens is 304 g/mol. The average molecular weight is 321 g/mol. The number of urea groups is 1. The molecule has 1 fully saturated rings. The van der Waals surface area contributed by atoms with Crippen LogP contribution in [0.4, 0.5) is 10.5 Å². The number of carbonyl (C=O) groups excluding carboxylic acids is 1. The second-order valence-electron chi connectivity index (χ2n) is 5.41. The third kappa shape index (κ3) is 2.80. The van der Waals surface area contributed by atoms with E-state index in [0.717, 1.165) is 13.1 Å². The molecule has 1 aromatic heterocycles. The van der Waals surface area contributed by atoms with Crippen LogP contribution in [0.3, 0.4) is 0 Å². The molecule has 2 heterocycles. The number of likely N-dealkylation sites (N-methyl/N-ethyl adjacent to an activating group) is 1. The summed E-state index contributed by atoms with van der Waals surface area (Å²) in [7, 11) is 2.02. The maximum absolute atomic E-state index is 12.4. The van der Waals surface area contributed by atoms with E-state index >= 15 is 0 Å². The summed E-state index contributed by atoms with van der Waals surface area (Å²) in [4.78, 5) is 31.5. The highest BCUT2D eigenvalue weighted by Gasteiger charge is 2.20. The fourth-order valence-electron chi connectivity index (χ4n) is 2.51. The minimum Gasteiger partial charge on any atom is -0.358 e. The number of piperazine rings is 1. The van der Waals surface area contributed by atoms with Crippen LogP contribution in [0.2, 0.25) is 5.02 Å². The molecule has 0 saturated carbocycles. The molecule has 0 bridgehead atoms. The summed E-state index contributed by atoms with van der Waals surface area (Å²) in [5.74, 6) is 0. The largest absolute Gasteiger partial charge is 0.358 e. The van der Waals surface area contributed by atoms with Gasteiger partial charge in [-0.05, 0) is 19.2 Å². The van der Waals surface area contributed by atoms with Crippen molar-refractivity contribution in [3.05, 3.63) is 39.6 Å². The smallest absolute Gasteiger partial charge is 0.322 e. The van der Waals surface area contributed by atoms with Crippen molar-refractivity contribution in [1.29, 1.82) is 0 Å². The molecule has 2 amide bonds. The SMILES string of the molecule is CN1CCN(C(=O)Nc2c[nH]c3c(Cl)cccc3c2=O)CC1. The van der Waals surface area contributed by atoms with Crippen LogP contribution in [-0.4, -0.2) is 54.0 Å². The zero-order valence-corrected chi connectivity index (χ0v) is 13.0. The normalized spacial score (nSPS) is 16.0. The lowest BCUT2D eigenvalue weighted by molar-refractivity contribution is 0.164. The van der Waals surface area contributed by atoms with E-state index in [0.29, 0.717) is 29.0 Å². The van der Waals surface area contributed by atoms with Gasteiger partial charge < -0.3 is 20.1 Å². The van der Waals surface area contributed by atoms with Crippen molar-refractivity contribution < 1.29 is 4.79 Å². The molecule has 0 spiro atoms. The fraction of sp³-hybridized carbons (Fsp3) is 0.333. The van der Waals surface area contributed by atoms with Crippen LogP contribution in [0.1, 0.15) is 0 Å². The van der Waals surface area contributed by atoms with Gasteiger partial charge in [0.25, 0.3) is 0 Å². The molecule has 2 aromatic rings. The first kappa shape index (κ1) is 14.9. The van der Waals surface area contributed by atoms with E-state index in [1.54, 1.807) is 23.1 Å². The van der Waals surface area contributed by atoms with Crippen molar-refractivity contribution in [1.82, 2.24) is 14.8 Å². The van der Waals surface area contributed by atoms with E-state index in [1.807, 2.05) is 7.05 Å². The van der Waals surface area contributed by atoms with Gasteiger partial charge in [0.1, 0.15) is 5.69 Å². The molecular formula is C15H17ClN4O2. The summed E-state index contributed by atoms with van der Waals surface area (Å²) in [6.45, 7) is 2.97. The third-order valence-electron chi connectivity index (χ3n) is 3.90. The second kappa shape index (κ2) is 5.98. The van der Waals surface area contributed by atoms with Gasteiger partial charge in [0, 0.05) is 37.8 Å². The van der Waals surface area contributed by atoms with Crippen LogP contribution in [0.25, 0.3) is 10.9 Å². The first-order valence-electron chi connectivity index (χ1n) is 7.10. The number of nitrogens with zero attached hydrogens (tertiary/aromatic N) is 2. The Kier molecular flexibility index (Phi) is 4.04. The molecule has 7 heteroatoms. The molecule has 1 aliphatic heterocycles. The third-order valence-corrected chi connectivity index (χ3v) is 4.21. The highest BCUT2D eigenvalue weighted by molar-refractivity contribution is 6.35. The number of rotatable bonds is 1. The number of fused-ring (bicyclic) bond motifs is 1. The van der Waals surface area contributed by atoms with Gasteiger partial charge in [-0.25, -0.2) is 4.79 Å². The molecule has 0 radical (unpaired) electrons. The molecule has 1 saturated heterocycles. The molecule has 0 aliphatic carbocycles. The first-order chi connectivity index (χ1) is 10.6. The quantitative estimate of drug-likeness (QED) is 0.844. The lowest BCUT2D eigenvalue weighted by Gasteiger charge is -2.32. The fourth-order valence-corrected chi connectivity index (χ4v) is 2.74. The molecule has 2 N–H and O–H groups in total. The van der Waals surface area contributed by atoms with Gasteiger partial charge in [-0.2, -0.15) is 0 Å². The standard InChI is InChI=1S/C15H17ClN4O2/c1-19-5-7-20(8-6-19)15(22)18-12-9-17-13-10(14(12)21)3-2-4-11(13)16/h2-4,9H,5-8H2,1H3,(H,17,21)(H,18,22). The van der Waals surface area contributed by atoms with Gasteiger partial charge in [0.15, 0.2) is 0 Å². The molecule has 1 aliphatic rings. The minimum atomic E-state index is -0.250. The summed E-state index contributed by atoms with van der Waals surface area (Å²) in [5, 5.41) is 3.63. The zero-order valence-electron chi connectivity index (χ0n) is 12.2. The Morgan fingerprint density at radius 3 is 2.73 bits per heavy atom. The molecule has 0 atom stereocenters. The highest BCUT2D eigenvalue weighted by Crippen LogP contribution is 2.19. The number of aromatic amines is 1. The number of nitrogens with one attached hydrogen (secondary N) is 2. The Labute approximate surface area is 132 Å². The monoisotopic (exact) mass is 320 g/mol. The number of amides is 2. The number of carbonyl (C=O) groups is 1. The lowest BCUT2D eigenvalue weighted by atomic mass is 10.2. The van der Waals surface area contributed by atoms with Crippen molar-refractivity contribution in [2.75, 3.05) is 38.5 Å². The maximum Gasteiger partial charge on any atom is 0.322 e. The van der Waals surface area contributed by atoms with Gasteiger partial charge in [-0.1, -0.05) is 17.7 Å². The van der Waals surface area contributed by atoms with Crippen LogP contribution in [-0.2, 0) is 0 Å². The highest BCUT2D eigenvalue weighted by atomic mass is 35.5. The van der Waals surface area contributed by atoms with E-state index in [9.17, 15) is 9.59 Å². The van der Waals surface area contributed by atoms with Crippen LogP contribution in [0, 0.1) is 0 Å². The number of halogens is 1. The second-order valence-corrected chi connectivity index (χ2v) is 5.82. The van der Waals surface area contributed by atoms with Crippen LogP contribution < -0.4 is 10.7 Å². The van der Waals surface area contributed by atoms with Crippen LogP contribution in [0.5, 0.6) is 0 Å². The Hall–Kier alpha value is -2.05. The van der Waals surface area contributed by atoms with Gasteiger partial charge in [0.05, 0.1) is 10.5 Å². The number of benzene rings is 1. The Balaban J connectivity index is 1.84. The number of hydrogen-bond donors (Lipinski definition) is 2. The Morgan fingerprint density at radius 1 is 1.27 bits per heavy atom. The zero-order chi connectivity index (χ0) is 15.7. The molecule has 0 unspecified atom stereocenters. The van der Waals surface area contributed by atoms with Crippen molar-refractivity contribution >= 4 is 34.2 Å². The van der Waals surface area contributed by atoms with Gasteiger partial charge in [-0.3, -0.25) is 4.79 Å². The number of anilines is 1. The summed E-state index contributed by atoms with van der Waals surface area (Å²) in [6, 6.07) is 4.86. The molecule has 22 heavy (non-hydrogen) atoms.